The van der Waals surface area contributed by atoms with Crippen LogP contribution in [0.1, 0.15) is 40.0 Å². The Bertz CT molecular complexity index is 416. The van der Waals surface area contributed by atoms with E-state index in [9.17, 15) is 8.42 Å². The summed E-state index contributed by atoms with van der Waals surface area (Å²) in [6.07, 6.45) is 3.12. The molecule has 0 amide bonds. The van der Waals surface area contributed by atoms with Gasteiger partial charge in [-0.15, -0.1) is 0 Å². The van der Waals surface area contributed by atoms with E-state index in [1.54, 1.807) is 18.4 Å². The van der Waals surface area contributed by atoms with Gasteiger partial charge in [0.1, 0.15) is 0 Å². The second kappa shape index (κ2) is 3.68. The number of nitrogens with zero attached hydrogens (tertiary/aromatic N) is 2. The van der Waals surface area contributed by atoms with Crippen LogP contribution in [0.5, 0.6) is 0 Å². The molecule has 1 saturated heterocycles. The van der Waals surface area contributed by atoms with Crippen LogP contribution in [-0.2, 0) is 10.2 Å². The fourth-order valence-electron chi connectivity index (χ4n) is 3.89. The second-order valence-corrected chi connectivity index (χ2v) is 9.14. The Kier molecular flexibility index (Phi) is 2.88. The van der Waals surface area contributed by atoms with E-state index < -0.39 is 10.2 Å². The van der Waals surface area contributed by atoms with Gasteiger partial charge in [-0.25, -0.2) is 0 Å². The molecular weight excluding hydrogens is 236 g/mol. The summed E-state index contributed by atoms with van der Waals surface area (Å²) < 4.78 is 27.6. The predicted molar refractivity (Wildman–Crippen MR) is 68.8 cm³/mol. The van der Waals surface area contributed by atoms with Crippen molar-refractivity contribution in [3.05, 3.63) is 0 Å². The first-order valence-electron chi connectivity index (χ1n) is 6.25. The van der Waals surface area contributed by atoms with Gasteiger partial charge in [0, 0.05) is 26.7 Å². The van der Waals surface area contributed by atoms with Gasteiger partial charge in [-0.2, -0.15) is 17.0 Å². The van der Waals surface area contributed by atoms with Gasteiger partial charge in [-0.05, 0) is 30.1 Å². The molecule has 0 radical (unpaired) electrons. The Hall–Kier alpha value is -0.130. The molecule has 0 N–H and O–H groups in total. The van der Waals surface area contributed by atoms with Crippen LogP contribution in [-0.4, -0.2) is 43.7 Å². The fourth-order valence-corrected chi connectivity index (χ4v) is 5.31. The van der Waals surface area contributed by atoms with Gasteiger partial charge in [-0.1, -0.05) is 20.8 Å². The van der Waals surface area contributed by atoms with Crippen LogP contribution in [0, 0.1) is 10.8 Å². The third kappa shape index (κ3) is 2.25. The second-order valence-electron chi connectivity index (χ2n) is 7.05. The van der Waals surface area contributed by atoms with Crippen LogP contribution >= 0.6 is 0 Å². The maximum atomic E-state index is 12.3. The highest BCUT2D eigenvalue weighted by atomic mass is 32.2. The molecule has 2 rings (SSSR count). The molecule has 0 aromatic heterocycles. The van der Waals surface area contributed by atoms with Crippen molar-refractivity contribution in [2.24, 2.45) is 10.8 Å². The van der Waals surface area contributed by atoms with E-state index in [1.165, 1.54) is 4.31 Å². The number of hydrogen-bond donors (Lipinski definition) is 0. The topological polar surface area (TPSA) is 40.6 Å². The highest BCUT2D eigenvalue weighted by Crippen LogP contribution is 2.53. The van der Waals surface area contributed by atoms with Gasteiger partial charge in [0.05, 0.1) is 0 Å². The van der Waals surface area contributed by atoms with E-state index >= 15 is 0 Å². The van der Waals surface area contributed by atoms with Gasteiger partial charge in [-0.3, -0.25) is 0 Å². The molecule has 0 aromatic rings. The quantitative estimate of drug-likeness (QED) is 0.758. The Morgan fingerprint density at radius 3 is 2.29 bits per heavy atom. The summed E-state index contributed by atoms with van der Waals surface area (Å²) in [5.41, 5.74) is 0.420. The third-order valence-electron chi connectivity index (χ3n) is 4.12. The minimum absolute atomic E-state index is 0.162. The van der Waals surface area contributed by atoms with Crippen molar-refractivity contribution in [1.82, 2.24) is 8.61 Å². The summed E-state index contributed by atoms with van der Waals surface area (Å²) in [4.78, 5) is 0. The van der Waals surface area contributed by atoms with Gasteiger partial charge in [0.25, 0.3) is 10.2 Å². The molecule has 100 valence electrons. The zero-order chi connectivity index (χ0) is 13.1. The maximum absolute atomic E-state index is 12.3. The minimum Gasteiger partial charge on any atom is -0.195 e. The highest BCUT2D eigenvalue weighted by Gasteiger charge is 2.53. The van der Waals surface area contributed by atoms with Crippen molar-refractivity contribution in [2.75, 3.05) is 20.6 Å². The molecule has 1 aliphatic carbocycles. The summed E-state index contributed by atoms with van der Waals surface area (Å²) in [5, 5.41) is 0. The number of rotatable bonds is 2. The molecule has 17 heavy (non-hydrogen) atoms. The zero-order valence-electron chi connectivity index (χ0n) is 11.5. The zero-order valence-corrected chi connectivity index (χ0v) is 12.3. The Morgan fingerprint density at radius 1 is 1.18 bits per heavy atom. The van der Waals surface area contributed by atoms with Crippen LogP contribution in [0.2, 0.25) is 0 Å². The van der Waals surface area contributed by atoms with Gasteiger partial charge >= 0.3 is 0 Å². The molecule has 1 heterocycles. The van der Waals surface area contributed by atoms with Crippen molar-refractivity contribution in [1.29, 1.82) is 0 Å². The van der Waals surface area contributed by atoms with E-state index in [1.807, 2.05) is 0 Å². The SMILES string of the molecule is CN(C)S(=O)(=O)N1CC2(C)CC1CC(C)(C)C2. The number of fused-ring (bicyclic) bond motifs is 2. The lowest BCUT2D eigenvalue weighted by atomic mass is 9.65. The smallest absolute Gasteiger partial charge is 0.195 e. The Morgan fingerprint density at radius 2 is 1.76 bits per heavy atom. The van der Waals surface area contributed by atoms with Crippen LogP contribution in [0.3, 0.4) is 0 Å². The standard InChI is InChI=1S/C12H24N2O2S/c1-11(2)6-10-7-12(3,8-11)9-14(10)17(15,16)13(4)5/h10H,6-9H2,1-5H3. The molecule has 1 saturated carbocycles. The average Bonchev–Trinajstić information content (AvgIpc) is 2.34. The predicted octanol–water partition coefficient (Wildman–Crippen LogP) is 1.69. The van der Waals surface area contributed by atoms with Crippen LogP contribution in [0.25, 0.3) is 0 Å². The van der Waals surface area contributed by atoms with Crippen LogP contribution in [0.4, 0.5) is 0 Å². The first-order valence-corrected chi connectivity index (χ1v) is 7.65. The fraction of sp³-hybridized carbons (Fsp3) is 1.00. The van der Waals surface area contributed by atoms with Gasteiger partial charge in [0.15, 0.2) is 0 Å². The van der Waals surface area contributed by atoms with Gasteiger partial charge < -0.3 is 0 Å². The maximum Gasteiger partial charge on any atom is 0.281 e. The Balaban J connectivity index is 2.31. The summed E-state index contributed by atoms with van der Waals surface area (Å²) in [6.45, 7) is 7.42. The minimum atomic E-state index is -3.25. The molecule has 4 nitrogen and oxygen atoms in total. The lowest BCUT2D eigenvalue weighted by Crippen LogP contribution is -2.43. The van der Waals surface area contributed by atoms with E-state index in [0.29, 0.717) is 6.54 Å². The molecule has 2 aliphatic rings. The van der Waals surface area contributed by atoms with E-state index in [0.717, 1.165) is 19.3 Å². The summed E-state index contributed by atoms with van der Waals surface area (Å²) in [7, 11) is -0.0201. The monoisotopic (exact) mass is 260 g/mol. The first kappa shape index (κ1) is 13.3. The van der Waals surface area contributed by atoms with Crippen molar-refractivity contribution >= 4 is 10.2 Å². The largest absolute Gasteiger partial charge is 0.281 e. The molecule has 0 spiro atoms. The summed E-state index contributed by atoms with van der Waals surface area (Å²) in [5.74, 6) is 0. The molecule has 0 aromatic carbocycles. The van der Waals surface area contributed by atoms with E-state index in [-0.39, 0.29) is 16.9 Å². The van der Waals surface area contributed by atoms with E-state index in [4.69, 9.17) is 0 Å². The molecule has 2 atom stereocenters. The van der Waals surface area contributed by atoms with Crippen LogP contribution < -0.4 is 0 Å². The molecule has 5 heteroatoms. The first-order chi connectivity index (χ1) is 7.56. The number of hydrogen-bond acceptors (Lipinski definition) is 2. The highest BCUT2D eigenvalue weighted by molar-refractivity contribution is 7.86. The molecule has 2 fully saturated rings. The van der Waals surface area contributed by atoms with Gasteiger partial charge in [0.2, 0.25) is 0 Å². The lowest BCUT2D eigenvalue weighted by Gasteiger charge is -2.39. The Labute approximate surface area is 105 Å². The van der Waals surface area contributed by atoms with Crippen LogP contribution in [0.15, 0.2) is 0 Å². The van der Waals surface area contributed by atoms with Crippen molar-refractivity contribution in [2.45, 2.75) is 46.1 Å². The molecule has 2 bridgehead atoms. The average molecular weight is 260 g/mol. The van der Waals surface area contributed by atoms with Crippen molar-refractivity contribution in [3.8, 4) is 0 Å². The van der Waals surface area contributed by atoms with Crippen molar-refractivity contribution in [3.63, 3.8) is 0 Å². The third-order valence-corrected chi connectivity index (χ3v) is 6.07. The lowest BCUT2D eigenvalue weighted by molar-refractivity contribution is 0.133. The summed E-state index contributed by atoms with van der Waals surface area (Å²) in [6, 6.07) is 0.191. The molecular formula is C12H24N2O2S. The van der Waals surface area contributed by atoms with Crippen molar-refractivity contribution < 1.29 is 8.42 Å². The normalized spacial score (nSPS) is 37.6. The molecule has 2 unspecified atom stereocenters. The van der Waals surface area contributed by atoms with E-state index in [2.05, 4.69) is 20.8 Å². The molecule has 1 aliphatic heterocycles. The summed E-state index contributed by atoms with van der Waals surface area (Å²) >= 11 is 0.